The Kier molecular flexibility index (Phi) is 4.07. The van der Waals surface area contributed by atoms with E-state index in [1.165, 1.54) is 24.3 Å². The highest BCUT2D eigenvalue weighted by molar-refractivity contribution is 7.80. The first kappa shape index (κ1) is 13.8. The van der Waals surface area contributed by atoms with E-state index in [4.69, 9.17) is 11.6 Å². The monoisotopic (exact) mass is 299 g/mol. The lowest BCUT2D eigenvalue weighted by molar-refractivity contribution is 0.102. The summed E-state index contributed by atoms with van der Waals surface area (Å²) in [7, 11) is 0. The first-order valence-electron chi connectivity index (χ1n) is 5.22. The number of benzene rings is 2. The third kappa shape index (κ3) is 3.24. The van der Waals surface area contributed by atoms with Gasteiger partial charge in [0.25, 0.3) is 5.91 Å². The fourth-order valence-corrected chi connectivity index (χ4v) is 1.84. The molecule has 98 valence electrons. The Morgan fingerprint density at radius 1 is 1.11 bits per heavy atom. The summed E-state index contributed by atoms with van der Waals surface area (Å²) >= 11 is 9.62. The summed E-state index contributed by atoms with van der Waals surface area (Å²) in [5, 5.41) is 2.31. The zero-order valence-electron chi connectivity index (χ0n) is 9.45. The van der Waals surface area contributed by atoms with E-state index < -0.39 is 17.5 Å². The van der Waals surface area contributed by atoms with Crippen LogP contribution in [0.5, 0.6) is 0 Å². The maximum absolute atomic E-state index is 13.5. The van der Waals surface area contributed by atoms with Gasteiger partial charge in [0.05, 0.1) is 10.6 Å². The van der Waals surface area contributed by atoms with Crippen LogP contribution in [0.25, 0.3) is 0 Å². The van der Waals surface area contributed by atoms with Gasteiger partial charge in [0.1, 0.15) is 11.6 Å². The molecular weight excluding hydrogens is 292 g/mol. The standard InChI is InChI=1S/C13H8ClF2NOS/c14-10-5-7(1-3-12(10)16)17-13(18)9-6-8(19)2-4-11(9)15/h1-6,19H,(H,17,18). The maximum Gasteiger partial charge on any atom is 0.258 e. The Morgan fingerprint density at radius 2 is 1.79 bits per heavy atom. The number of hydrogen-bond donors (Lipinski definition) is 2. The van der Waals surface area contributed by atoms with Crippen LogP contribution in [0.3, 0.4) is 0 Å². The number of rotatable bonds is 2. The molecule has 0 radical (unpaired) electrons. The molecule has 0 spiro atoms. The molecule has 19 heavy (non-hydrogen) atoms. The largest absolute Gasteiger partial charge is 0.322 e. The summed E-state index contributed by atoms with van der Waals surface area (Å²) in [5.41, 5.74) is 0.133. The lowest BCUT2D eigenvalue weighted by Gasteiger charge is -2.07. The van der Waals surface area contributed by atoms with Gasteiger partial charge in [0.15, 0.2) is 0 Å². The van der Waals surface area contributed by atoms with Crippen molar-refractivity contribution in [2.45, 2.75) is 4.90 Å². The Balaban J connectivity index is 2.25. The quantitative estimate of drug-likeness (QED) is 0.801. The van der Waals surface area contributed by atoms with Crippen LogP contribution in [-0.4, -0.2) is 5.91 Å². The highest BCUT2D eigenvalue weighted by atomic mass is 35.5. The van der Waals surface area contributed by atoms with E-state index >= 15 is 0 Å². The number of anilines is 1. The Bertz CT molecular complexity index is 649. The highest BCUT2D eigenvalue weighted by Gasteiger charge is 2.13. The van der Waals surface area contributed by atoms with Crippen molar-refractivity contribution in [3.05, 3.63) is 58.6 Å². The topological polar surface area (TPSA) is 29.1 Å². The molecule has 1 N–H and O–H groups in total. The van der Waals surface area contributed by atoms with Crippen molar-refractivity contribution in [3.8, 4) is 0 Å². The minimum absolute atomic E-state index is 0.124. The molecule has 0 saturated carbocycles. The molecule has 0 aliphatic heterocycles. The van der Waals surface area contributed by atoms with Gasteiger partial charge in [0.2, 0.25) is 0 Å². The molecule has 0 fully saturated rings. The van der Waals surface area contributed by atoms with Gasteiger partial charge in [-0.1, -0.05) is 11.6 Å². The SMILES string of the molecule is O=C(Nc1ccc(F)c(Cl)c1)c1cc(S)ccc1F. The predicted octanol–water partition coefficient (Wildman–Crippen LogP) is 4.16. The third-order valence-electron chi connectivity index (χ3n) is 2.37. The van der Waals surface area contributed by atoms with E-state index in [0.29, 0.717) is 4.90 Å². The number of thiol groups is 1. The van der Waals surface area contributed by atoms with Crippen molar-refractivity contribution < 1.29 is 13.6 Å². The van der Waals surface area contributed by atoms with E-state index in [9.17, 15) is 13.6 Å². The van der Waals surface area contributed by atoms with Gasteiger partial charge in [-0.2, -0.15) is 0 Å². The second kappa shape index (κ2) is 5.59. The summed E-state index contributed by atoms with van der Waals surface area (Å²) in [4.78, 5) is 12.3. The predicted molar refractivity (Wildman–Crippen MR) is 73.0 cm³/mol. The van der Waals surface area contributed by atoms with Crippen molar-refractivity contribution in [1.82, 2.24) is 0 Å². The first-order chi connectivity index (χ1) is 8.97. The zero-order valence-corrected chi connectivity index (χ0v) is 11.1. The van der Waals surface area contributed by atoms with Crippen molar-refractivity contribution >= 4 is 35.8 Å². The Hall–Kier alpha value is -1.59. The minimum Gasteiger partial charge on any atom is -0.322 e. The number of carbonyl (C=O) groups excluding carboxylic acids is 1. The van der Waals surface area contributed by atoms with Crippen LogP contribution >= 0.6 is 24.2 Å². The molecule has 0 bridgehead atoms. The van der Waals surface area contributed by atoms with Crippen LogP contribution in [0, 0.1) is 11.6 Å². The summed E-state index contributed by atoms with van der Waals surface area (Å²) in [6, 6.07) is 7.58. The molecule has 0 unspecified atom stereocenters. The normalized spacial score (nSPS) is 10.3. The van der Waals surface area contributed by atoms with E-state index in [2.05, 4.69) is 17.9 Å². The number of carbonyl (C=O) groups is 1. The third-order valence-corrected chi connectivity index (χ3v) is 2.94. The summed E-state index contributed by atoms with van der Waals surface area (Å²) in [5.74, 6) is -1.91. The second-order valence-electron chi connectivity index (χ2n) is 3.75. The lowest BCUT2D eigenvalue weighted by atomic mass is 10.2. The van der Waals surface area contributed by atoms with Crippen LogP contribution in [-0.2, 0) is 0 Å². The number of amides is 1. The van der Waals surface area contributed by atoms with Crippen molar-refractivity contribution in [2.75, 3.05) is 5.32 Å². The summed E-state index contributed by atoms with van der Waals surface area (Å²) in [6.45, 7) is 0. The Labute approximate surface area is 118 Å². The fourth-order valence-electron chi connectivity index (χ4n) is 1.46. The molecule has 0 saturated heterocycles. The van der Waals surface area contributed by atoms with Gasteiger partial charge in [-0.05, 0) is 36.4 Å². The molecule has 0 aromatic heterocycles. The fraction of sp³-hybridized carbons (Fsp3) is 0. The molecule has 2 aromatic carbocycles. The van der Waals surface area contributed by atoms with E-state index in [1.807, 2.05) is 0 Å². The first-order valence-corrected chi connectivity index (χ1v) is 6.05. The summed E-state index contributed by atoms with van der Waals surface area (Å²) < 4.78 is 26.4. The van der Waals surface area contributed by atoms with Gasteiger partial charge in [0, 0.05) is 10.6 Å². The van der Waals surface area contributed by atoms with E-state index in [1.54, 1.807) is 0 Å². The van der Waals surface area contributed by atoms with Gasteiger partial charge in [-0.15, -0.1) is 12.6 Å². The number of halogens is 3. The van der Waals surface area contributed by atoms with Gasteiger partial charge in [-0.25, -0.2) is 8.78 Å². The summed E-state index contributed by atoms with van der Waals surface area (Å²) in [6.07, 6.45) is 0. The van der Waals surface area contributed by atoms with Gasteiger partial charge >= 0.3 is 0 Å². The second-order valence-corrected chi connectivity index (χ2v) is 4.67. The van der Waals surface area contributed by atoms with E-state index in [0.717, 1.165) is 12.1 Å². The molecular formula is C13H8ClF2NOS. The van der Waals surface area contributed by atoms with Crippen molar-refractivity contribution in [3.63, 3.8) is 0 Å². The molecule has 0 aliphatic carbocycles. The lowest BCUT2D eigenvalue weighted by Crippen LogP contribution is -2.13. The molecule has 2 nitrogen and oxygen atoms in total. The molecule has 2 aromatic rings. The minimum atomic E-state index is -0.663. The van der Waals surface area contributed by atoms with Crippen LogP contribution < -0.4 is 5.32 Å². The molecule has 1 amide bonds. The van der Waals surface area contributed by atoms with Crippen LogP contribution in [0.4, 0.5) is 14.5 Å². The number of hydrogen-bond acceptors (Lipinski definition) is 2. The maximum atomic E-state index is 13.5. The van der Waals surface area contributed by atoms with Crippen LogP contribution in [0.15, 0.2) is 41.3 Å². The van der Waals surface area contributed by atoms with Gasteiger partial charge in [-0.3, -0.25) is 4.79 Å². The van der Waals surface area contributed by atoms with Crippen molar-refractivity contribution in [1.29, 1.82) is 0 Å². The number of nitrogens with one attached hydrogen (secondary N) is 1. The molecule has 0 atom stereocenters. The van der Waals surface area contributed by atoms with E-state index in [-0.39, 0.29) is 16.3 Å². The highest BCUT2D eigenvalue weighted by Crippen LogP contribution is 2.21. The van der Waals surface area contributed by atoms with Crippen LogP contribution in [0.2, 0.25) is 5.02 Å². The molecule has 0 heterocycles. The average molecular weight is 300 g/mol. The molecule has 0 aliphatic rings. The zero-order chi connectivity index (χ0) is 14.0. The van der Waals surface area contributed by atoms with Crippen molar-refractivity contribution in [2.24, 2.45) is 0 Å². The smallest absolute Gasteiger partial charge is 0.258 e. The van der Waals surface area contributed by atoms with Gasteiger partial charge < -0.3 is 5.32 Å². The molecule has 6 heteroatoms. The van der Waals surface area contributed by atoms with Crippen LogP contribution in [0.1, 0.15) is 10.4 Å². The Morgan fingerprint density at radius 3 is 2.47 bits per heavy atom. The molecule has 2 rings (SSSR count). The average Bonchev–Trinajstić information content (AvgIpc) is 2.36.